The van der Waals surface area contributed by atoms with Gasteiger partial charge in [0.05, 0.1) is 12.1 Å². The standard InChI is InChI=1S/C24H26N6O2S/c1-3-24(4-2)15-30(23(32)29-24)22-26-14-19(20(25)28-22)21(31)27-16-10-12-18(13-11-16)33-17-8-6-5-7-9-17/h5-14H,3-4,15H2,1-2H3,(H,27,31)(H,29,32)(H2,25,26,28). The Balaban J connectivity index is 1.43. The molecule has 2 heterocycles. The van der Waals surface area contributed by atoms with Crippen LogP contribution in [0.15, 0.2) is 70.6 Å². The van der Waals surface area contributed by atoms with E-state index in [0.29, 0.717) is 12.2 Å². The number of nitrogens with one attached hydrogen (secondary N) is 2. The average molecular weight is 463 g/mol. The molecule has 4 rings (SSSR count). The second-order valence-electron chi connectivity index (χ2n) is 7.87. The van der Waals surface area contributed by atoms with Gasteiger partial charge in [0.15, 0.2) is 0 Å². The molecule has 0 radical (unpaired) electrons. The van der Waals surface area contributed by atoms with Crippen LogP contribution in [0.5, 0.6) is 0 Å². The fourth-order valence-electron chi connectivity index (χ4n) is 3.64. The fraction of sp³-hybridized carbons (Fsp3) is 0.250. The van der Waals surface area contributed by atoms with E-state index in [0.717, 1.165) is 22.6 Å². The normalized spacial score (nSPS) is 14.7. The Labute approximate surface area is 197 Å². The van der Waals surface area contributed by atoms with Crippen molar-refractivity contribution in [3.05, 3.63) is 66.4 Å². The zero-order chi connectivity index (χ0) is 23.4. The minimum atomic E-state index is -0.412. The molecule has 170 valence electrons. The van der Waals surface area contributed by atoms with Crippen LogP contribution in [-0.4, -0.2) is 34.0 Å². The molecule has 33 heavy (non-hydrogen) atoms. The van der Waals surface area contributed by atoms with Gasteiger partial charge >= 0.3 is 6.03 Å². The van der Waals surface area contributed by atoms with E-state index in [1.165, 1.54) is 11.1 Å². The van der Waals surface area contributed by atoms with Crippen LogP contribution in [0.4, 0.5) is 22.2 Å². The molecule has 1 aliphatic rings. The van der Waals surface area contributed by atoms with Crippen LogP contribution in [0, 0.1) is 0 Å². The minimum Gasteiger partial charge on any atom is -0.383 e. The van der Waals surface area contributed by atoms with Crippen LogP contribution in [0.25, 0.3) is 0 Å². The first-order valence-corrected chi connectivity index (χ1v) is 11.6. The van der Waals surface area contributed by atoms with Gasteiger partial charge in [-0.2, -0.15) is 4.98 Å². The summed E-state index contributed by atoms with van der Waals surface area (Å²) >= 11 is 1.64. The van der Waals surface area contributed by atoms with Crippen LogP contribution >= 0.6 is 11.8 Å². The predicted molar refractivity (Wildman–Crippen MR) is 131 cm³/mol. The largest absolute Gasteiger partial charge is 0.383 e. The Hall–Kier alpha value is -3.59. The summed E-state index contributed by atoms with van der Waals surface area (Å²) in [6.07, 6.45) is 2.95. The number of carbonyl (C=O) groups is 2. The molecule has 1 fully saturated rings. The van der Waals surface area contributed by atoms with Crippen LogP contribution in [0.2, 0.25) is 0 Å². The maximum Gasteiger partial charge on any atom is 0.324 e. The molecule has 0 bridgehead atoms. The molecular formula is C24H26N6O2S. The molecule has 9 heteroatoms. The van der Waals surface area contributed by atoms with Crippen molar-refractivity contribution >= 4 is 41.2 Å². The number of urea groups is 1. The Bertz CT molecular complexity index is 1150. The van der Waals surface area contributed by atoms with Gasteiger partial charge in [0.2, 0.25) is 5.95 Å². The molecule has 1 saturated heterocycles. The van der Waals surface area contributed by atoms with Crippen LogP contribution < -0.4 is 21.3 Å². The van der Waals surface area contributed by atoms with E-state index in [2.05, 4.69) is 20.6 Å². The second-order valence-corrected chi connectivity index (χ2v) is 9.01. The topological polar surface area (TPSA) is 113 Å². The Morgan fingerprint density at radius 1 is 1.12 bits per heavy atom. The number of hydrogen-bond donors (Lipinski definition) is 3. The molecule has 0 spiro atoms. The minimum absolute atomic E-state index is 0.0204. The number of nitrogens with two attached hydrogens (primary N) is 1. The molecule has 3 amide bonds. The number of anilines is 3. The smallest absolute Gasteiger partial charge is 0.324 e. The summed E-state index contributed by atoms with van der Waals surface area (Å²) in [4.78, 5) is 37.3. The van der Waals surface area contributed by atoms with E-state index in [-0.39, 0.29) is 28.9 Å². The number of amides is 3. The third-order valence-electron chi connectivity index (χ3n) is 5.81. The van der Waals surface area contributed by atoms with Crippen molar-refractivity contribution < 1.29 is 9.59 Å². The summed E-state index contributed by atoms with van der Waals surface area (Å²) in [5, 5.41) is 5.83. The molecule has 0 atom stereocenters. The highest BCUT2D eigenvalue weighted by Crippen LogP contribution is 2.29. The van der Waals surface area contributed by atoms with Crippen molar-refractivity contribution in [2.75, 3.05) is 22.5 Å². The second kappa shape index (κ2) is 9.50. The van der Waals surface area contributed by atoms with Crippen LogP contribution in [0.3, 0.4) is 0 Å². The average Bonchev–Trinajstić information content (AvgIpc) is 3.18. The zero-order valence-corrected chi connectivity index (χ0v) is 19.4. The molecule has 1 aliphatic heterocycles. The van der Waals surface area contributed by atoms with Crippen LogP contribution in [-0.2, 0) is 0 Å². The van der Waals surface area contributed by atoms with E-state index < -0.39 is 5.91 Å². The number of aromatic nitrogens is 2. The Kier molecular flexibility index (Phi) is 6.50. The third-order valence-corrected chi connectivity index (χ3v) is 6.83. The molecule has 4 N–H and O–H groups in total. The fourth-order valence-corrected chi connectivity index (χ4v) is 4.48. The summed E-state index contributed by atoms with van der Waals surface area (Å²) in [7, 11) is 0. The molecule has 0 aliphatic carbocycles. The van der Waals surface area contributed by atoms with E-state index in [9.17, 15) is 9.59 Å². The van der Waals surface area contributed by atoms with Gasteiger partial charge in [-0.3, -0.25) is 9.69 Å². The van der Waals surface area contributed by atoms with Gasteiger partial charge in [-0.1, -0.05) is 43.8 Å². The number of hydrogen-bond acceptors (Lipinski definition) is 6. The number of carbonyl (C=O) groups excluding carboxylic acids is 2. The summed E-state index contributed by atoms with van der Waals surface area (Å²) in [6.45, 7) is 4.52. The number of rotatable bonds is 7. The van der Waals surface area contributed by atoms with E-state index in [4.69, 9.17) is 5.73 Å². The SMILES string of the molecule is CCC1(CC)CN(c2ncc(C(=O)Nc3ccc(Sc4ccccc4)cc3)c(N)n2)C(=O)N1. The maximum atomic E-state index is 12.7. The van der Waals surface area contributed by atoms with Gasteiger partial charge in [-0.05, 0) is 49.2 Å². The van der Waals surface area contributed by atoms with Crippen molar-refractivity contribution in [1.82, 2.24) is 15.3 Å². The van der Waals surface area contributed by atoms with Gasteiger partial charge in [-0.15, -0.1) is 0 Å². The molecule has 1 aromatic heterocycles. The molecule has 2 aromatic carbocycles. The van der Waals surface area contributed by atoms with Gasteiger partial charge in [0.1, 0.15) is 11.4 Å². The predicted octanol–water partition coefficient (Wildman–Crippen LogP) is 4.55. The van der Waals surface area contributed by atoms with Crippen molar-refractivity contribution in [3.63, 3.8) is 0 Å². The lowest BCUT2D eigenvalue weighted by Crippen LogP contribution is -2.41. The summed E-state index contributed by atoms with van der Waals surface area (Å²) < 4.78 is 0. The zero-order valence-electron chi connectivity index (χ0n) is 18.5. The lowest BCUT2D eigenvalue weighted by atomic mass is 9.94. The Morgan fingerprint density at radius 3 is 2.39 bits per heavy atom. The van der Waals surface area contributed by atoms with E-state index in [1.807, 2.05) is 68.4 Å². The highest BCUT2D eigenvalue weighted by molar-refractivity contribution is 7.99. The van der Waals surface area contributed by atoms with Gasteiger partial charge in [0.25, 0.3) is 5.91 Å². The quantitative estimate of drug-likeness (QED) is 0.475. The monoisotopic (exact) mass is 462 g/mol. The molecule has 0 saturated carbocycles. The first kappa shape index (κ1) is 22.6. The maximum absolute atomic E-state index is 12.7. The van der Waals surface area contributed by atoms with Crippen molar-refractivity contribution in [3.8, 4) is 0 Å². The highest BCUT2D eigenvalue weighted by atomic mass is 32.2. The first-order chi connectivity index (χ1) is 15.9. The molecule has 3 aromatic rings. The Morgan fingerprint density at radius 2 is 1.79 bits per heavy atom. The molecule has 0 unspecified atom stereocenters. The van der Waals surface area contributed by atoms with Gasteiger partial charge in [-0.25, -0.2) is 9.78 Å². The molecular weight excluding hydrogens is 436 g/mol. The molecule has 8 nitrogen and oxygen atoms in total. The van der Waals surface area contributed by atoms with Crippen molar-refractivity contribution in [2.45, 2.75) is 42.0 Å². The van der Waals surface area contributed by atoms with E-state index >= 15 is 0 Å². The lowest BCUT2D eigenvalue weighted by molar-refractivity contribution is 0.102. The lowest BCUT2D eigenvalue weighted by Gasteiger charge is -2.24. The number of benzene rings is 2. The first-order valence-electron chi connectivity index (χ1n) is 10.8. The number of nitrogens with zero attached hydrogens (tertiary/aromatic N) is 3. The highest BCUT2D eigenvalue weighted by Gasteiger charge is 2.41. The van der Waals surface area contributed by atoms with Gasteiger partial charge < -0.3 is 16.4 Å². The van der Waals surface area contributed by atoms with Gasteiger partial charge in [0, 0.05) is 21.7 Å². The number of nitrogen functional groups attached to an aromatic ring is 1. The summed E-state index contributed by atoms with van der Waals surface area (Å²) in [5.41, 5.74) is 6.53. The van der Waals surface area contributed by atoms with Crippen LogP contribution in [0.1, 0.15) is 37.0 Å². The third kappa shape index (κ3) is 4.93. The van der Waals surface area contributed by atoms with Crippen molar-refractivity contribution in [1.29, 1.82) is 0 Å². The summed E-state index contributed by atoms with van der Waals surface area (Å²) in [6, 6.07) is 17.3. The van der Waals surface area contributed by atoms with Crippen molar-refractivity contribution in [2.24, 2.45) is 0 Å². The van der Waals surface area contributed by atoms with E-state index in [1.54, 1.807) is 11.8 Å². The summed E-state index contributed by atoms with van der Waals surface area (Å²) in [5.74, 6) is -0.204.